The first-order chi connectivity index (χ1) is 6.25. The monoisotopic (exact) mass is 177 g/mol. The fourth-order valence-corrected chi connectivity index (χ4v) is 0.958. The molecule has 0 aliphatic rings. The van der Waals surface area contributed by atoms with Crippen LogP contribution in [0.25, 0.3) is 11.4 Å². The van der Waals surface area contributed by atoms with E-state index < -0.39 is 0 Å². The van der Waals surface area contributed by atoms with Crippen LogP contribution in [0.4, 0.5) is 4.39 Å². The number of aromatic nitrogens is 4. The predicted molar refractivity (Wildman–Crippen MR) is 44.0 cm³/mol. The van der Waals surface area contributed by atoms with Gasteiger partial charge in [-0.2, -0.15) is 5.10 Å². The molecule has 0 unspecified atom stereocenters. The van der Waals surface area contributed by atoms with Gasteiger partial charge < -0.3 is 4.80 Å². The Hall–Kier alpha value is -1.91. The molecule has 0 aliphatic heterocycles. The first-order valence-corrected chi connectivity index (χ1v) is 3.62. The van der Waals surface area contributed by atoms with Crippen molar-refractivity contribution in [1.82, 2.24) is 20.2 Å². The molecular formula is C8H6FN4-. The SMILES string of the molecule is [CH2-]n1nnc(-c2ccc(F)cc2)n1. The van der Waals surface area contributed by atoms with E-state index in [0.29, 0.717) is 5.82 Å². The van der Waals surface area contributed by atoms with Gasteiger partial charge in [0.1, 0.15) is 5.82 Å². The van der Waals surface area contributed by atoms with E-state index in [1.807, 2.05) is 0 Å². The maximum Gasteiger partial charge on any atom is 0.202 e. The van der Waals surface area contributed by atoms with Gasteiger partial charge in [-0.25, -0.2) is 4.39 Å². The van der Waals surface area contributed by atoms with Crippen LogP contribution >= 0.6 is 0 Å². The van der Waals surface area contributed by atoms with Gasteiger partial charge in [-0.05, 0) is 24.3 Å². The summed E-state index contributed by atoms with van der Waals surface area (Å²) in [5.74, 6) is 0.153. The summed E-state index contributed by atoms with van der Waals surface area (Å²) in [5.41, 5.74) is 0.719. The van der Waals surface area contributed by atoms with Crippen molar-refractivity contribution in [2.45, 2.75) is 0 Å². The van der Waals surface area contributed by atoms with Crippen LogP contribution in [0.5, 0.6) is 0 Å². The quantitative estimate of drug-likeness (QED) is 0.613. The molecule has 0 atom stereocenters. The van der Waals surface area contributed by atoms with Crippen LogP contribution in [0, 0.1) is 12.9 Å². The van der Waals surface area contributed by atoms with E-state index in [1.54, 1.807) is 12.1 Å². The second kappa shape index (κ2) is 2.85. The van der Waals surface area contributed by atoms with Gasteiger partial charge >= 0.3 is 0 Å². The van der Waals surface area contributed by atoms with E-state index >= 15 is 0 Å². The lowest BCUT2D eigenvalue weighted by Gasteiger charge is -1.93. The molecular weight excluding hydrogens is 171 g/mol. The van der Waals surface area contributed by atoms with E-state index in [4.69, 9.17) is 0 Å². The number of hydrogen-bond acceptors (Lipinski definition) is 3. The first kappa shape index (κ1) is 7.72. The van der Waals surface area contributed by atoms with Crippen molar-refractivity contribution in [3.05, 3.63) is 37.1 Å². The minimum atomic E-state index is -0.286. The van der Waals surface area contributed by atoms with Gasteiger partial charge in [0.25, 0.3) is 0 Å². The Balaban J connectivity index is 2.41. The summed E-state index contributed by atoms with van der Waals surface area (Å²) in [4.78, 5) is 1.11. The molecule has 0 bridgehead atoms. The van der Waals surface area contributed by atoms with Crippen LogP contribution in [0.3, 0.4) is 0 Å². The first-order valence-electron chi connectivity index (χ1n) is 3.62. The molecule has 2 rings (SSSR count). The molecule has 0 spiro atoms. The molecule has 0 aliphatic carbocycles. The number of hydrogen-bond donors (Lipinski definition) is 0. The molecule has 13 heavy (non-hydrogen) atoms. The van der Waals surface area contributed by atoms with Crippen molar-refractivity contribution in [2.75, 3.05) is 0 Å². The fraction of sp³-hybridized carbons (Fsp3) is 0. The average molecular weight is 177 g/mol. The fourth-order valence-electron chi connectivity index (χ4n) is 0.958. The van der Waals surface area contributed by atoms with Gasteiger partial charge in [-0.15, -0.1) is 5.10 Å². The van der Waals surface area contributed by atoms with E-state index in [9.17, 15) is 4.39 Å². The van der Waals surface area contributed by atoms with E-state index in [0.717, 1.165) is 10.4 Å². The summed E-state index contributed by atoms with van der Waals surface area (Å²) in [6.07, 6.45) is 0. The van der Waals surface area contributed by atoms with E-state index in [-0.39, 0.29) is 5.82 Å². The summed E-state index contributed by atoms with van der Waals surface area (Å²) < 4.78 is 12.5. The summed E-state index contributed by atoms with van der Waals surface area (Å²) in [7, 11) is 3.44. The molecule has 0 N–H and O–H groups in total. The minimum Gasteiger partial charge on any atom is -0.301 e. The Labute approximate surface area is 74.0 Å². The normalized spacial score (nSPS) is 10.2. The van der Waals surface area contributed by atoms with Crippen molar-refractivity contribution in [3.63, 3.8) is 0 Å². The molecule has 0 radical (unpaired) electrons. The highest BCUT2D eigenvalue weighted by molar-refractivity contribution is 5.53. The standard InChI is InChI=1S/C8H6FN4/c1-13-11-8(10-12-13)6-2-4-7(9)5-3-6/h2-5H,1H2/q-1. The van der Waals surface area contributed by atoms with Crippen LogP contribution in [-0.2, 0) is 0 Å². The van der Waals surface area contributed by atoms with Crippen LogP contribution in [0.1, 0.15) is 0 Å². The molecule has 1 heterocycles. The second-order valence-corrected chi connectivity index (χ2v) is 2.49. The third kappa shape index (κ3) is 1.48. The third-order valence-corrected chi connectivity index (χ3v) is 1.56. The number of tetrazole rings is 1. The summed E-state index contributed by atoms with van der Waals surface area (Å²) in [6.45, 7) is 0. The Morgan fingerprint density at radius 3 is 2.46 bits per heavy atom. The van der Waals surface area contributed by atoms with Crippen LogP contribution in [0.15, 0.2) is 24.3 Å². The van der Waals surface area contributed by atoms with Crippen LogP contribution in [-0.4, -0.2) is 20.2 Å². The molecule has 0 saturated carbocycles. The highest BCUT2D eigenvalue weighted by Gasteiger charge is 2.01. The average Bonchev–Trinajstić information content (AvgIpc) is 2.53. The molecule has 2 aromatic rings. The molecule has 4 nitrogen and oxygen atoms in total. The third-order valence-electron chi connectivity index (χ3n) is 1.56. The molecule has 0 saturated heterocycles. The summed E-state index contributed by atoms with van der Waals surface area (Å²) >= 11 is 0. The van der Waals surface area contributed by atoms with Crippen molar-refractivity contribution in [3.8, 4) is 11.4 Å². The van der Waals surface area contributed by atoms with E-state index in [1.165, 1.54) is 12.1 Å². The topological polar surface area (TPSA) is 43.6 Å². The number of rotatable bonds is 1. The zero-order chi connectivity index (χ0) is 9.26. The number of nitrogens with zero attached hydrogens (tertiary/aromatic N) is 4. The van der Waals surface area contributed by atoms with Gasteiger partial charge in [0.2, 0.25) is 5.82 Å². The largest absolute Gasteiger partial charge is 0.301 e. The van der Waals surface area contributed by atoms with Crippen LogP contribution in [0.2, 0.25) is 0 Å². The molecule has 66 valence electrons. The highest BCUT2D eigenvalue weighted by atomic mass is 19.1. The molecule has 1 aromatic heterocycles. The van der Waals surface area contributed by atoms with Crippen LogP contribution < -0.4 is 0 Å². The lowest BCUT2D eigenvalue weighted by Crippen LogP contribution is -1.89. The maximum absolute atomic E-state index is 12.5. The van der Waals surface area contributed by atoms with Crippen molar-refractivity contribution in [2.24, 2.45) is 0 Å². The Morgan fingerprint density at radius 2 is 1.92 bits per heavy atom. The predicted octanol–water partition coefficient (Wildman–Crippen LogP) is 1.12. The molecule has 0 amide bonds. The molecule has 0 fully saturated rings. The van der Waals surface area contributed by atoms with Gasteiger partial charge in [-0.3, -0.25) is 7.05 Å². The number of benzene rings is 1. The lowest BCUT2D eigenvalue weighted by molar-refractivity contribution is 0.628. The second-order valence-electron chi connectivity index (χ2n) is 2.49. The zero-order valence-corrected chi connectivity index (χ0v) is 6.68. The van der Waals surface area contributed by atoms with E-state index in [2.05, 4.69) is 22.5 Å². The lowest BCUT2D eigenvalue weighted by atomic mass is 10.2. The smallest absolute Gasteiger partial charge is 0.202 e. The van der Waals surface area contributed by atoms with Crippen molar-refractivity contribution >= 4 is 0 Å². The highest BCUT2D eigenvalue weighted by Crippen LogP contribution is 2.13. The number of halogens is 1. The van der Waals surface area contributed by atoms with Crippen molar-refractivity contribution < 1.29 is 4.39 Å². The molecule has 5 heteroatoms. The minimum absolute atomic E-state index is 0.286. The van der Waals surface area contributed by atoms with Crippen molar-refractivity contribution in [1.29, 1.82) is 0 Å². The maximum atomic E-state index is 12.5. The Kier molecular flexibility index (Phi) is 1.70. The Morgan fingerprint density at radius 1 is 1.23 bits per heavy atom. The van der Waals surface area contributed by atoms with Gasteiger partial charge in [0.05, 0.1) is 0 Å². The van der Waals surface area contributed by atoms with Gasteiger partial charge in [-0.1, -0.05) is 5.21 Å². The Bertz CT molecular complexity index is 406. The zero-order valence-electron chi connectivity index (χ0n) is 6.68. The molecule has 1 aromatic carbocycles. The van der Waals surface area contributed by atoms with Gasteiger partial charge in [0, 0.05) is 5.56 Å². The van der Waals surface area contributed by atoms with Gasteiger partial charge in [0.15, 0.2) is 0 Å². The summed E-state index contributed by atoms with van der Waals surface area (Å²) in [6, 6.07) is 5.87. The summed E-state index contributed by atoms with van der Waals surface area (Å²) in [5, 5.41) is 11.2.